The molecule has 0 radical (unpaired) electrons. The smallest absolute Gasteiger partial charge is 0.414 e. The van der Waals surface area contributed by atoms with E-state index in [4.69, 9.17) is 24.5 Å². The van der Waals surface area contributed by atoms with E-state index in [9.17, 15) is 0 Å². The van der Waals surface area contributed by atoms with Gasteiger partial charge in [0.2, 0.25) is 0 Å². The number of carboxylic acids is 2. The lowest BCUT2D eigenvalue weighted by molar-refractivity contribution is -0.159. The van der Waals surface area contributed by atoms with Crippen LogP contribution >= 0.6 is 0 Å². The Labute approximate surface area is 181 Å². The third-order valence-corrected chi connectivity index (χ3v) is 4.97. The average molecular weight is 419 g/mol. The van der Waals surface area contributed by atoms with Gasteiger partial charge in [0.15, 0.2) is 0 Å². The number of benzene rings is 3. The van der Waals surface area contributed by atoms with E-state index < -0.39 is 11.9 Å². The Morgan fingerprint density at radius 2 is 1.39 bits per heavy atom. The summed E-state index contributed by atoms with van der Waals surface area (Å²) in [6.45, 7) is 3.78. The molecule has 3 aromatic rings. The molecular weight excluding hydrogens is 394 g/mol. The number of nitrogens with zero attached hydrogens (tertiary/aromatic N) is 1. The van der Waals surface area contributed by atoms with Gasteiger partial charge in [-0.1, -0.05) is 66.7 Å². The zero-order chi connectivity index (χ0) is 22.1. The lowest BCUT2D eigenvalue weighted by Gasteiger charge is -2.28. The molecule has 160 valence electrons. The molecule has 1 heterocycles. The molecule has 3 aromatic carbocycles. The van der Waals surface area contributed by atoms with Crippen molar-refractivity contribution in [1.82, 2.24) is 4.90 Å². The van der Waals surface area contributed by atoms with Crippen molar-refractivity contribution in [2.24, 2.45) is 0 Å². The van der Waals surface area contributed by atoms with Crippen molar-refractivity contribution in [3.8, 4) is 5.75 Å². The van der Waals surface area contributed by atoms with Gasteiger partial charge in [-0.15, -0.1) is 0 Å². The second-order valence-corrected chi connectivity index (χ2v) is 7.26. The number of hydrogen-bond acceptors (Lipinski definition) is 4. The Morgan fingerprint density at radius 3 is 2.03 bits per heavy atom. The molecule has 0 amide bonds. The Balaban J connectivity index is 0.000000401. The highest BCUT2D eigenvalue weighted by Crippen LogP contribution is 2.21. The van der Waals surface area contributed by atoms with Gasteiger partial charge in [0, 0.05) is 19.6 Å². The lowest BCUT2D eigenvalue weighted by atomic mass is 9.99. The summed E-state index contributed by atoms with van der Waals surface area (Å²) < 4.78 is 5.87. The second kappa shape index (κ2) is 10.9. The van der Waals surface area contributed by atoms with E-state index >= 15 is 0 Å². The van der Waals surface area contributed by atoms with Gasteiger partial charge in [0.1, 0.15) is 12.4 Å². The number of hydrogen-bond donors (Lipinski definition) is 2. The normalized spacial score (nSPS) is 12.8. The maximum Gasteiger partial charge on any atom is 0.414 e. The topological polar surface area (TPSA) is 87.1 Å². The standard InChI is InChI=1S/C23H23NO.C2H2O4/c1-2-6-20(7-3-1)18-25-23-12-10-19(11-13-23)16-24-15-14-21-8-4-5-9-22(21)17-24;3-1(4)2(5)6/h1-13H,14-18H2;(H,3,4)(H,5,6). The molecule has 6 nitrogen and oxygen atoms in total. The fourth-order valence-electron chi connectivity index (χ4n) is 3.38. The maximum absolute atomic E-state index is 9.10. The fraction of sp³-hybridized carbons (Fsp3) is 0.200. The quantitative estimate of drug-likeness (QED) is 0.609. The molecule has 2 N–H and O–H groups in total. The predicted molar refractivity (Wildman–Crippen MR) is 117 cm³/mol. The first-order chi connectivity index (χ1) is 15.0. The molecule has 0 spiro atoms. The number of carbonyl (C=O) groups is 2. The average Bonchev–Trinajstić information content (AvgIpc) is 2.79. The second-order valence-electron chi connectivity index (χ2n) is 7.26. The molecule has 1 aliphatic heterocycles. The minimum atomic E-state index is -1.82. The molecule has 0 aromatic heterocycles. The molecule has 0 bridgehead atoms. The summed E-state index contributed by atoms with van der Waals surface area (Å²) in [5, 5.41) is 14.8. The highest BCUT2D eigenvalue weighted by atomic mass is 16.5. The molecule has 31 heavy (non-hydrogen) atoms. The first-order valence-corrected chi connectivity index (χ1v) is 10.0. The van der Waals surface area contributed by atoms with Crippen LogP contribution in [-0.4, -0.2) is 33.6 Å². The zero-order valence-electron chi connectivity index (χ0n) is 17.1. The van der Waals surface area contributed by atoms with Gasteiger partial charge in [-0.2, -0.15) is 0 Å². The van der Waals surface area contributed by atoms with Crippen molar-refractivity contribution >= 4 is 11.9 Å². The SMILES string of the molecule is O=C(O)C(=O)O.c1ccc(COc2ccc(CN3CCc4ccccc4C3)cc2)cc1. The van der Waals surface area contributed by atoms with E-state index in [2.05, 4.69) is 65.6 Å². The third kappa shape index (κ3) is 6.97. The van der Waals surface area contributed by atoms with Crippen molar-refractivity contribution in [3.05, 3.63) is 101 Å². The van der Waals surface area contributed by atoms with Gasteiger partial charge in [0.25, 0.3) is 0 Å². The van der Waals surface area contributed by atoms with Crippen LogP contribution in [0, 0.1) is 0 Å². The molecule has 0 fully saturated rings. The number of aliphatic carboxylic acids is 2. The Hall–Kier alpha value is -3.64. The highest BCUT2D eigenvalue weighted by molar-refractivity contribution is 6.27. The summed E-state index contributed by atoms with van der Waals surface area (Å²) in [6, 6.07) is 27.6. The Kier molecular flexibility index (Phi) is 7.79. The fourth-order valence-corrected chi connectivity index (χ4v) is 3.38. The van der Waals surface area contributed by atoms with E-state index in [1.165, 1.54) is 22.3 Å². The molecule has 0 unspecified atom stereocenters. The zero-order valence-corrected chi connectivity index (χ0v) is 17.1. The van der Waals surface area contributed by atoms with Crippen LogP contribution in [0.4, 0.5) is 0 Å². The summed E-state index contributed by atoms with van der Waals surface area (Å²) >= 11 is 0. The van der Waals surface area contributed by atoms with Gasteiger partial charge in [-0.25, -0.2) is 9.59 Å². The van der Waals surface area contributed by atoms with Crippen LogP contribution in [0.25, 0.3) is 0 Å². The lowest BCUT2D eigenvalue weighted by Crippen LogP contribution is -2.29. The van der Waals surface area contributed by atoms with E-state index in [-0.39, 0.29) is 0 Å². The van der Waals surface area contributed by atoms with E-state index in [0.29, 0.717) is 6.61 Å². The van der Waals surface area contributed by atoms with Crippen LogP contribution in [0.5, 0.6) is 5.75 Å². The van der Waals surface area contributed by atoms with Crippen LogP contribution in [0.15, 0.2) is 78.9 Å². The summed E-state index contributed by atoms with van der Waals surface area (Å²) in [5.74, 6) is -2.72. The van der Waals surface area contributed by atoms with E-state index in [0.717, 1.165) is 31.8 Å². The van der Waals surface area contributed by atoms with Gasteiger partial charge in [0.05, 0.1) is 0 Å². The summed E-state index contributed by atoms with van der Waals surface area (Å²) in [5.41, 5.74) is 5.50. The van der Waals surface area contributed by atoms with Gasteiger partial charge in [-0.05, 0) is 40.8 Å². The molecular formula is C25H25NO5. The Morgan fingerprint density at radius 1 is 0.774 bits per heavy atom. The van der Waals surface area contributed by atoms with E-state index in [1.807, 2.05) is 18.2 Å². The van der Waals surface area contributed by atoms with Crippen molar-refractivity contribution in [2.45, 2.75) is 26.1 Å². The molecule has 0 aliphatic carbocycles. The van der Waals surface area contributed by atoms with Crippen LogP contribution in [0.1, 0.15) is 22.3 Å². The van der Waals surface area contributed by atoms with E-state index in [1.54, 1.807) is 0 Å². The predicted octanol–water partition coefficient (Wildman–Crippen LogP) is 3.98. The first kappa shape index (κ1) is 22.1. The maximum atomic E-state index is 9.10. The van der Waals surface area contributed by atoms with Crippen LogP contribution in [-0.2, 0) is 35.7 Å². The van der Waals surface area contributed by atoms with Crippen molar-refractivity contribution < 1.29 is 24.5 Å². The summed E-state index contributed by atoms with van der Waals surface area (Å²) in [6.07, 6.45) is 1.15. The molecule has 4 rings (SSSR count). The minimum absolute atomic E-state index is 0.614. The van der Waals surface area contributed by atoms with Crippen LogP contribution < -0.4 is 4.74 Å². The number of carboxylic acid groups (broad SMARTS) is 2. The number of fused-ring (bicyclic) bond motifs is 1. The molecule has 1 aliphatic rings. The largest absolute Gasteiger partial charge is 0.489 e. The van der Waals surface area contributed by atoms with Gasteiger partial charge >= 0.3 is 11.9 Å². The van der Waals surface area contributed by atoms with Crippen molar-refractivity contribution in [1.29, 1.82) is 0 Å². The first-order valence-electron chi connectivity index (χ1n) is 10.0. The van der Waals surface area contributed by atoms with Crippen LogP contribution in [0.2, 0.25) is 0 Å². The molecule has 6 heteroatoms. The molecule has 0 saturated carbocycles. The van der Waals surface area contributed by atoms with Gasteiger partial charge in [-0.3, -0.25) is 4.90 Å². The monoisotopic (exact) mass is 419 g/mol. The van der Waals surface area contributed by atoms with Crippen molar-refractivity contribution in [3.63, 3.8) is 0 Å². The highest BCUT2D eigenvalue weighted by Gasteiger charge is 2.15. The summed E-state index contributed by atoms with van der Waals surface area (Å²) in [4.78, 5) is 20.7. The van der Waals surface area contributed by atoms with Gasteiger partial charge < -0.3 is 14.9 Å². The third-order valence-electron chi connectivity index (χ3n) is 4.97. The van der Waals surface area contributed by atoms with Crippen LogP contribution in [0.3, 0.4) is 0 Å². The number of ether oxygens (including phenoxy) is 1. The number of rotatable bonds is 5. The molecule has 0 saturated heterocycles. The molecule has 0 atom stereocenters. The summed E-state index contributed by atoms with van der Waals surface area (Å²) in [7, 11) is 0. The van der Waals surface area contributed by atoms with Crippen molar-refractivity contribution in [2.75, 3.05) is 6.54 Å². The Bertz CT molecular complexity index is 990. The minimum Gasteiger partial charge on any atom is -0.489 e.